The third kappa shape index (κ3) is 5.68. The van der Waals surface area contributed by atoms with Gasteiger partial charge in [0.25, 0.3) is 0 Å². The van der Waals surface area contributed by atoms with Crippen molar-refractivity contribution in [2.24, 2.45) is 0 Å². The van der Waals surface area contributed by atoms with Crippen molar-refractivity contribution in [2.75, 3.05) is 18.6 Å². The monoisotopic (exact) mass is 460 g/mol. The summed E-state index contributed by atoms with van der Waals surface area (Å²) in [5.41, 5.74) is 3.42. The average Bonchev–Trinajstić information content (AvgIpc) is 3.27. The Morgan fingerprint density at radius 3 is 2.64 bits per heavy atom. The molecule has 0 aliphatic carbocycles. The molecule has 166 valence electrons. The number of carboxylic acid groups (broad SMARTS) is 1. The number of rotatable bonds is 7. The van der Waals surface area contributed by atoms with Crippen molar-refractivity contribution in [3.05, 3.63) is 89.2 Å². The van der Waals surface area contributed by atoms with Gasteiger partial charge in [0.2, 0.25) is 0 Å². The van der Waals surface area contributed by atoms with Crippen LogP contribution in [0.25, 0.3) is 10.2 Å². The Labute approximate surface area is 195 Å². The maximum absolute atomic E-state index is 14.3. The Bertz CT molecular complexity index is 1340. The molecular weight excluding hydrogens is 439 g/mol. The van der Waals surface area contributed by atoms with Crippen LogP contribution in [0.15, 0.2) is 66.7 Å². The van der Waals surface area contributed by atoms with Crippen molar-refractivity contribution in [3.63, 3.8) is 0 Å². The Balaban J connectivity index is 1.59. The number of hydrogen-bond donors (Lipinski definition) is 1. The first-order valence-electron chi connectivity index (χ1n) is 10.3. The normalized spacial score (nSPS) is 10.5. The van der Waals surface area contributed by atoms with Crippen LogP contribution in [0.3, 0.4) is 0 Å². The molecule has 1 N–H and O–H groups in total. The van der Waals surface area contributed by atoms with Crippen molar-refractivity contribution in [1.29, 1.82) is 0 Å². The number of aliphatic carboxylic acids is 1. The standard InChI is InChI=1S/C26H21FN2O3S/c1-32-21-5-2-4-19(16-21)14-15-29(26-28-23-7-3-6-22(27)25(23)33-26)17-20-10-8-18(9-11-20)12-13-24(30)31/h2-11,16H,14-15,17H2,1H3,(H,30,31). The summed E-state index contributed by atoms with van der Waals surface area (Å²) in [5, 5.41) is 9.46. The highest BCUT2D eigenvalue weighted by Crippen LogP contribution is 2.31. The van der Waals surface area contributed by atoms with Crippen LogP contribution in [0.1, 0.15) is 16.7 Å². The molecule has 0 unspecified atom stereocenters. The van der Waals surface area contributed by atoms with Gasteiger partial charge in [-0.15, -0.1) is 0 Å². The number of thiazole rings is 1. The van der Waals surface area contributed by atoms with Gasteiger partial charge in [0, 0.05) is 24.6 Å². The summed E-state index contributed by atoms with van der Waals surface area (Å²) in [6.07, 6.45) is 0.762. The molecule has 3 aromatic carbocycles. The highest BCUT2D eigenvalue weighted by Gasteiger charge is 2.15. The van der Waals surface area contributed by atoms with Crippen LogP contribution >= 0.6 is 11.3 Å². The van der Waals surface area contributed by atoms with Gasteiger partial charge in [-0.2, -0.15) is 0 Å². The summed E-state index contributed by atoms with van der Waals surface area (Å²) in [7, 11) is 1.64. The van der Waals surface area contributed by atoms with Crippen LogP contribution in [0.5, 0.6) is 5.75 Å². The molecule has 33 heavy (non-hydrogen) atoms. The second-order valence-electron chi connectivity index (χ2n) is 7.36. The molecule has 0 radical (unpaired) electrons. The van der Waals surface area contributed by atoms with Crippen LogP contribution in [0.4, 0.5) is 9.52 Å². The molecule has 0 amide bonds. The molecule has 0 saturated heterocycles. The summed E-state index contributed by atoms with van der Waals surface area (Å²) in [4.78, 5) is 17.4. The third-order valence-corrected chi connectivity index (χ3v) is 6.21. The molecule has 4 aromatic rings. The number of methoxy groups -OCH3 is 1. The van der Waals surface area contributed by atoms with E-state index in [1.54, 1.807) is 25.3 Å². The fourth-order valence-electron chi connectivity index (χ4n) is 3.41. The van der Waals surface area contributed by atoms with E-state index in [2.05, 4.69) is 27.8 Å². The van der Waals surface area contributed by atoms with Crippen LogP contribution in [0, 0.1) is 17.7 Å². The van der Waals surface area contributed by atoms with Crippen molar-refractivity contribution in [3.8, 4) is 17.6 Å². The molecule has 0 spiro atoms. The van der Waals surface area contributed by atoms with Gasteiger partial charge in [0.05, 0.1) is 17.3 Å². The molecule has 0 bridgehead atoms. The Kier molecular flexibility index (Phi) is 6.86. The molecular formula is C26H21FN2O3S. The van der Waals surface area contributed by atoms with Gasteiger partial charge >= 0.3 is 5.97 Å². The largest absolute Gasteiger partial charge is 0.497 e. The van der Waals surface area contributed by atoms with Gasteiger partial charge in [-0.05, 0) is 53.9 Å². The molecule has 1 heterocycles. The lowest BCUT2D eigenvalue weighted by molar-refractivity contribution is -0.130. The van der Waals surface area contributed by atoms with Gasteiger partial charge in [0.15, 0.2) is 5.13 Å². The van der Waals surface area contributed by atoms with Crippen LogP contribution < -0.4 is 9.64 Å². The van der Waals surface area contributed by atoms with E-state index in [4.69, 9.17) is 9.84 Å². The van der Waals surface area contributed by atoms with Gasteiger partial charge in [-0.1, -0.05) is 47.6 Å². The van der Waals surface area contributed by atoms with Crippen molar-refractivity contribution < 1.29 is 19.0 Å². The molecule has 0 atom stereocenters. The molecule has 0 saturated carbocycles. The zero-order chi connectivity index (χ0) is 23.2. The van der Waals surface area contributed by atoms with E-state index in [1.165, 1.54) is 17.4 Å². The number of halogens is 1. The van der Waals surface area contributed by atoms with Crippen molar-refractivity contribution >= 4 is 32.7 Å². The molecule has 1 aromatic heterocycles. The van der Waals surface area contributed by atoms with Gasteiger partial charge in [0.1, 0.15) is 11.6 Å². The van der Waals surface area contributed by atoms with Crippen LogP contribution in [0.2, 0.25) is 0 Å². The van der Waals surface area contributed by atoms with E-state index < -0.39 is 5.97 Å². The third-order valence-electron chi connectivity index (χ3n) is 5.07. The Morgan fingerprint density at radius 2 is 1.91 bits per heavy atom. The summed E-state index contributed by atoms with van der Waals surface area (Å²) in [6.45, 7) is 1.24. The van der Waals surface area contributed by atoms with E-state index in [1.807, 2.05) is 36.4 Å². The second-order valence-corrected chi connectivity index (χ2v) is 8.34. The van der Waals surface area contributed by atoms with E-state index in [0.717, 1.165) is 28.4 Å². The van der Waals surface area contributed by atoms with Crippen molar-refractivity contribution in [1.82, 2.24) is 4.98 Å². The minimum atomic E-state index is -1.16. The smallest absolute Gasteiger partial charge is 0.382 e. The molecule has 0 fully saturated rings. The number of anilines is 1. The first-order chi connectivity index (χ1) is 16.0. The SMILES string of the molecule is COc1cccc(CCN(Cc2ccc(C#CC(=O)O)cc2)c2nc3cccc(F)c3s2)c1. The predicted molar refractivity (Wildman–Crippen MR) is 128 cm³/mol. The lowest BCUT2D eigenvalue weighted by Gasteiger charge is -2.22. The molecule has 0 aliphatic heterocycles. The first kappa shape index (κ1) is 22.3. The minimum absolute atomic E-state index is 0.273. The topological polar surface area (TPSA) is 62.7 Å². The highest BCUT2D eigenvalue weighted by molar-refractivity contribution is 7.22. The number of carboxylic acids is 1. The van der Waals surface area contributed by atoms with E-state index in [9.17, 15) is 9.18 Å². The highest BCUT2D eigenvalue weighted by atomic mass is 32.1. The van der Waals surface area contributed by atoms with Gasteiger partial charge in [-0.25, -0.2) is 14.2 Å². The lowest BCUT2D eigenvalue weighted by atomic mass is 10.1. The quantitative estimate of drug-likeness (QED) is 0.388. The number of ether oxygens (including phenoxy) is 1. The Morgan fingerprint density at radius 1 is 1.12 bits per heavy atom. The zero-order valence-electron chi connectivity index (χ0n) is 17.9. The average molecular weight is 461 g/mol. The lowest BCUT2D eigenvalue weighted by Crippen LogP contribution is -2.25. The van der Waals surface area contributed by atoms with Gasteiger partial charge in [-0.3, -0.25) is 0 Å². The van der Waals surface area contributed by atoms with E-state index in [-0.39, 0.29) is 5.82 Å². The van der Waals surface area contributed by atoms with Crippen molar-refractivity contribution in [2.45, 2.75) is 13.0 Å². The Hall–Kier alpha value is -3.89. The first-order valence-corrected chi connectivity index (χ1v) is 11.1. The van der Waals surface area contributed by atoms with Crippen LogP contribution in [-0.2, 0) is 17.8 Å². The van der Waals surface area contributed by atoms with E-state index in [0.29, 0.717) is 28.9 Å². The number of nitrogens with zero attached hydrogens (tertiary/aromatic N) is 2. The molecule has 4 rings (SSSR count). The van der Waals surface area contributed by atoms with Gasteiger partial charge < -0.3 is 14.7 Å². The summed E-state index contributed by atoms with van der Waals surface area (Å²) >= 11 is 1.34. The molecule has 7 heteroatoms. The number of carbonyl (C=O) groups is 1. The van der Waals surface area contributed by atoms with Crippen LogP contribution in [-0.4, -0.2) is 29.7 Å². The molecule has 0 aliphatic rings. The number of aromatic nitrogens is 1. The summed E-state index contributed by atoms with van der Waals surface area (Å²) in [5.74, 6) is 4.10. The van der Waals surface area contributed by atoms with E-state index >= 15 is 0 Å². The summed E-state index contributed by atoms with van der Waals surface area (Å²) < 4.78 is 20.1. The second kappa shape index (κ2) is 10.2. The number of hydrogen-bond acceptors (Lipinski definition) is 5. The minimum Gasteiger partial charge on any atom is -0.497 e. The molecule has 5 nitrogen and oxygen atoms in total. The summed E-state index contributed by atoms with van der Waals surface area (Å²) in [6, 6.07) is 20.3. The number of fused-ring (bicyclic) bond motifs is 1. The fraction of sp³-hybridized carbons (Fsp3) is 0.154. The maximum atomic E-state index is 14.3. The maximum Gasteiger partial charge on any atom is 0.382 e. The fourth-order valence-corrected chi connectivity index (χ4v) is 4.41. The predicted octanol–water partition coefficient (Wildman–Crippen LogP) is 5.13. The number of benzene rings is 3. The zero-order valence-corrected chi connectivity index (χ0v) is 18.7.